The summed E-state index contributed by atoms with van der Waals surface area (Å²) in [6, 6.07) is 15.0. The Morgan fingerprint density at radius 2 is 1.59 bits per heavy atom. The van der Waals surface area contributed by atoms with Crippen LogP contribution in [0.25, 0.3) is 11.0 Å². The number of imidazole rings is 1. The van der Waals surface area contributed by atoms with Gasteiger partial charge in [0.05, 0.1) is 27.9 Å². The molecule has 1 aliphatic heterocycles. The van der Waals surface area contributed by atoms with E-state index >= 15 is 0 Å². The molecule has 0 spiro atoms. The Bertz CT molecular complexity index is 899. The van der Waals surface area contributed by atoms with Crippen LogP contribution in [-0.2, 0) is 5.75 Å². The second kappa shape index (κ2) is 8.39. The lowest BCUT2D eigenvalue weighted by atomic mass is 10.1. The first-order chi connectivity index (χ1) is 12.7. The number of aromatic amines is 1. The van der Waals surface area contributed by atoms with Gasteiger partial charge in [0.15, 0.2) is 0 Å². The summed E-state index contributed by atoms with van der Waals surface area (Å²) < 4.78 is 0. The van der Waals surface area contributed by atoms with Gasteiger partial charge in [-0.3, -0.25) is 14.5 Å². The zero-order valence-electron chi connectivity index (χ0n) is 14.3. The first-order valence-corrected chi connectivity index (χ1v) is 9.86. The number of thioether (sulfide) groups is 1. The summed E-state index contributed by atoms with van der Waals surface area (Å²) in [5.41, 5.74) is 3.11. The van der Waals surface area contributed by atoms with E-state index in [2.05, 4.69) is 9.97 Å². The molecule has 1 aromatic heterocycles. The maximum atomic E-state index is 12.3. The predicted molar refractivity (Wildman–Crippen MR) is 110 cm³/mol. The Labute approximate surface area is 163 Å². The number of rotatable bonds is 7. The molecule has 0 radical (unpaired) electrons. The van der Waals surface area contributed by atoms with E-state index in [1.165, 1.54) is 4.90 Å². The fourth-order valence-electron chi connectivity index (χ4n) is 3.16. The number of hydrogen-bond donors (Lipinski definition) is 1. The van der Waals surface area contributed by atoms with Crippen LogP contribution in [0.3, 0.4) is 0 Å². The number of H-pyrrole nitrogens is 1. The molecule has 2 aromatic carbocycles. The van der Waals surface area contributed by atoms with Crippen molar-refractivity contribution in [1.29, 1.82) is 0 Å². The summed E-state index contributed by atoms with van der Waals surface area (Å²) in [7, 11) is 0. The lowest BCUT2D eigenvalue weighted by Crippen LogP contribution is -2.30. The zero-order valence-corrected chi connectivity index (χ0v) is 15.1. The minimum atomic E-state index is -0.166. The van der Waals surface area contributed by atoms with Crippen LogP contribution in [-0.4, -0.2) is 39.0 Å². The zero-order chi connectivity index (χ0) is 17.9. The number of nitrogens with zero attached hydrogens (tertiary/aromatic N) is 2. The van der Waals surface area contributed by atoms with Crippen LogP contribution in [0.1, 0.15) is 46.8 Å². The minimum Gasteiger partial charge on any atom is -0.341 e. The Morgan fingerprint density at radius 1 is 0.926 bits per heavy atom. The van der Waals surface area contributed by atoms with Crippen molar-refractivity contribution in [2.45, 2.75) is 26.0 Å². The highest BCUT2D eigenvalue weighted by Gasteiger charge is 2.34. The van der Waals surface area contributed by atoms with Crippen LogP contribution in [0.4, 0.5) is 0 Å². The first kappa shape index (κ1) is 19.2. The van der Waals surface area contributed by atoms with E-state index in [4.69, 9.17) is 0 Å². The number of hydrogen-bond acceptors (Lipinski definition) is 4. The number of carbonyl (C=O) groups is 2. The fourth-order valence-corrected chi connectivity index (χ4v) is 4.04. The van der Waals surface area contributed by atoms with Crippen LogP contribution in [0.15, 0.2) is 48.5 Å². The lowest BCUT2D eigenvalue weighted by molar-refractivity contribution is 0.0652. The second-order valence-electron chi connectivity index (χ2n) is 6.27. The van der Waals surface area contributed by atoms with Gasteiger partial charge in [-0.05, 0) is 42.9 Å². The molecular formula is C21H23N3O2S. The number of aromatic nitrogens is 2. The van der Waals surface area contributed by atoms with Gasteiger partial charge in [-0.25, -0.2) is 4.98 Å². The first-order valence-electron chi connectivity index (χ1n) is 8.70. The average Bonchev–Trinajstić information content (AvgIpc) is 3.18. The van der Waals surface area contributed by atoms with Gasteiger partial charge in [0.25, 0.3) is 11.8 Å². The van der Waals surface area contributed by atoms with Crippen LogP contribution in [0, 0.1) is 0 Å². The molecule has 0 saturated carbocycles. The Kier molecular flexibility index (Phi) is 5.96. The molecular weight excluding hydrogens is 358 g/mol. The van der Waals surface area contributed by atoms with Crippen LogP contribution >= 0.6 is 11.8 Å². The van der Waals surface area contributed by atoms with Gasteiger partial charge in [-0.15, -0.1) is 0 Å². The van der Waals surface area contributed by atoms with E-state index in [1.54, 1.807) is 24.3 Å². The van der Waals surface area contributed by atoms with Crippen LogP contribution in [0.5, 0.6) is 0 Å². The lowest BCUT2D eigenvalue weighted by Gasteiger charge is -2.13. The number of amides is 2. The highest BCUT2D eigenvalue weighted by molar-refractivity contribution is 7.98. The molecule has 6 heteroatoms. The number of carbonyl (C=O) groups excluding carboxylic acids is 2. The van der Waals surface area contributed by atoms with Gasteiger partial charge in [0.1, 0.15) is 5.82 Å². The minimum absolute atomic E-state index is 0. The van der Waals surface area contributed by atoms with Gasteiger partial charge < -0.3 is 4.98 Å². The third-order valence-corrected chi connectivity index (χ3v) is 5.53. The van der Waals surface area contributed by atoms with Crippen molar-refractivity contribution in [3.05, 3.63) is 65.5 Å². The molecule has 0 aliphatic carbocycles. The summed E-state index contributed by atoms with van der Waals surface area (Å²) in [5.74, 6) is 2.46. The molecule has 1 N–H and O–H groups in total. The summed E-state index contributed by atoms with van der Waals surface area (Å²) in [4.78, 5) is 33.8. The van der Waals surface area contributed by atoms with Crippen molar-refractivity contribution < 1.29 is 9.59 Å². The summed E-state index contributed by atoms with van der Waals surface area (Å²) in [6.45, 7) is 0.484. The third-order valence-electron chi connectivity index (χ3n) is 4.48. The number of imide groups is 1. The number of benzene rings is 2. The smallest absolute Gasteiger partial charge is 0.261 e. The topological polar surface area (TPSA) is 66.1 Å². The number of para-hydroxylation sites is 2. The molecule has 0 saturated heterocycles. The molecule has 3 aromatic rings. The molecule has 0 fully saturated rings. The van der Waals surface area contributed by atoms with Crippen molar-refractivity contribution in [2.24, 2.45) is 0 Å². The Balaban J connectivity index is 0.00000210. The van der Waals surface area contributed by atoms with E-state index in [0.29, 0.717) is 17.7 Å². The Morgan fingerprint density at radius 3 is 2.30 bits per heavy atom. The maximum absolute atomic E-state index is 12.3. The van der Waals surface area contributed by atoms with E-state index in [1.807, 2.05) is 36.0 Å². The molecule has 2 heterocycles. The number of fused-ring (bicyclic) bond motifs is 2. The molecule has 1 aliphatic rings. The van der Waals surface area contributed by atoms with Crippen molar-refractivity contribution >= 4 is 34.6 Å². The summed E-state index contributed by atoms with van der Waals surface area (Å²) >= 11 is 1.81. The Hall–Kier alpha value is -2.60. The van der Waals surface area contributed by atoms with Crippen LogP contribution in [0.2, 0.25) is 0 Å². The van der Waals surface area contributed by atoms with E-state index < -0.39 is 0 Å². The van der Waals surface area contributed by atoms with Gasteiger partial charge in [-0.1, -0.05) is 31.7 Å². The van der Waals surface area contributed by atoms with Crippen molar-refractivity contribution in [1.82, 2.24) is 14.9 Å². The quantitative estimate of drug-likeness (QED) is 0.483. The molecule has 4 rings (SSSR count). The predicted octanol–water partition coefficient (Wildman–Crippen LogP) is 4.51. The number of nitrogens with one attached hydrogen (secondary N) is 1. The molecule has 0 bridgehead atoms. The standard InChI is InChI=1S/C20H19N3O2S.CH4/c24-19-14-7-1-2-8-15(14)20(25)23(19)11-5-6-12-26-13-18-21-16-9-3-4-10-17(16)22-18;/h1-4,7-10H,5-6,11-13H2,(H,21,22);1H4. The highest BCUT2D eigenvalue weighted by Crippen LogP contribution is 2.23. The largest absolute Gasteiger partial charge is 0.341 e. The van der Waals surface area contributed by atoms with Gasteiger partial charge >= 0.3 is 0 Å². The molecule has 140 valence electrons. The van der Waals surface area contributed by atoms with Crippen molar-refractivity contribution in [2.75, 3.05) is 12.3 Å². The van der Waals surface area contributed by atoms with Crippen molar-refractivity contribution in [3.63, 3.8) is 0 Å². The summed E-state index contributed by atoms with van der Waals surface area (Å²) in [6.07, 6.45) is 1.77. The average molecular weight is 382 g/mol. The third kappa shape index (κ3) is 3.90. The molecule has 0 unspecified atom stereocenters. The molecule has 5 nitrogen and oxygen atoms in total. The van der Waals surface area contributed by atoms with E-state index in [0.717, 1.165) is 41.2 Å². The van der Waals surface area contributed by atoms with Gasteiger partial charge in [0, 0.05) is 6.54 Å². The highest BCUT2D eigenvalue weighted by atomic mass is 32.2. The molecule has 2 amide bonds. The van der Waals surface area contributed by atoms with Crippen LogP contribution < -0.4 is 0 Å². The SMILES string of the molecule is C.O=C1c2ccccc2C(=O)N1CCCCSCc1nc2ccccc2[nH]1. The monoisotopic (exact) mass is 381 g/mol. The van der Waals surface area contributed by atoms with Gasteiger partial charge in [0.2, 0.25) is 0 Å². The van der Waals surface area contributed by atoms with Gasteiger partial charge in [-0.2, -0.15) is 11.8 Å². The second-order valence-corrected chi connectivity index (χ2v) is 7.37. The van der Waals surface area contributed by atoms with E-state index in [9.17, 15) is 9.59 Å². The maximum Gasteiger partial charge on any atom is 0.261 e. The number of unbranched alkanes of at least 4 members (excludes halogenated alkanes) is 1. The molecule has 0 atom stereocenters. The normalized spacial score (nSPS) is 13.1. The fraction of sp³-hybridized carbons (Fsp3) is 0.286. The van der Waals surface area contributed by atoms with E-state index in [-0.39, 0.29) is 19.2 Å². The molecule has 27 heavy (non-hydrogen) atoms. The summed E-state index contributed by atoms with van der Waals surface area (Å²) in [5, 5.41) is 0. The van der Waals surface area contributed by atoms with Crippen molar-refractivity contribution in [3.8, 4) is 0 Å².